The summed E-state index contributed by atoms with van der Waals surface area (Å²) in [6.45, 7) is 0. The Hall–Kier alpha value is -2.13. The Balaban J connectivity index is 2.06. The molecule has 1 atom stereocenters. The minimum atomic E-state index is -0.748. The van der Waals surface area contributed by atoms with E-state index in [1.807, 2.05) is 24.3 Å². The summed E-state index contributed by atoms with van der Waals surface area (Å²) in [4.78, 5) is 3.12. The van der Waals surface area contributed by atoms with E-state index in [4.69, 9.17) is 0 Å². The van der Waals surface area contributed by atoms with Crippen molar-refractivity contribution in [1.82, 2.24) is 4.98 Å². The number of nitrogens with one attached hydrogen (secondary N) is 1. The van der Waals surface area contributed by atoms with Gasteiger partial charge < -0.3 is 10.1 Å². The Morgan fingerprint density at radius 2 is 1.72 bits per heavy atom. The Morgan fingerprint density at radius 3 is 2.50 bits per heavy atom. The van der Waals surface area contributed by atoms with Crippen LogP contribution in [-0.4, -0.2) is 10.1 Å². The monoisotopic (exact) mass is 241 g/mol. The van der Waals surface area contributed by atoms with Gasteiger partial charge in [0.2, 0.25) is 0 Å². The van der Waals surface area contributed by atoms with E-state index in [9.17, 15) is 9.50 Å². The minimum absolute atomic E-state index is 0.301. The van der Waals surface area contributed by atoms with Gasteiger partial charge in [-0.1, -0.05) is 30.3 Å². The highest BCUT2D eigenvalue weighted by Crippen LogP contribution is 2.28. The van der Waals surface area contributed by atoms with Crippen LogP contribution in [0.3, 0.4) is 0 Å². The maximum Gasteiger partial charge on any atom is 0.123 e. The summed E-state index contributed by atoms with van der Waals surface area (Å²) in [5.74, 6) is -0.301. The Bertz CT molecular complexity index is 672. The first-order valence-corrected chi connectivity index (χ1v) is 5.75. The van der Waals surface area contributed by atoms with Gasteiger partial charge in [-0.15, -0.1) is 0 Å². The highest BCUT2D eigenvalue weighted by Gasteiger charge is 2.14. The van der Waals surface area contributed by atoms with Crippen LogP contribution in [0.5, 0.6) is 0 Å². The van der Waals surface area contributed by atoms with Gasteiger partial charge in [0, 0.05) is 22.7 Å². The molecule has 1 unspecified atom stereocenters. The SMILES string of the molecule is OC(c1ccc(F)cc1)c1c[nH]c2ccccc12. The number of fused-ring (bicyclic) bond motifs is 1. The van der Waals surface area contributed by atoms with E-state index in [1.165, 1.54) is 12.1 Å². The molecule has 2 aromatic carbocycles. The standard InChI is InChI=1S/C15H12FNO/c16-11-7-5-10(6-8-11)15(18)13-9-17-14-4-2-1-3-12(13)14/h1-9,15,17-18H. The molecule has 1 aromatic heterocycles. The topological polar surface area (TPSA) is 36.0 Å². The third-order valence-electron chi connectivity index (χ3n) is 3.10. The van der Waals surface area contributed by atoms with Crippen molar-refractivity contribution in [1.29, 1.82) is 0 Å². The van der Waals surface area contributed by atoms with E-state index in [-0.39, 0.29) is 5.82 Å². The van der Waals surface area contributed by atoms with Crippen LogP contribution in [-0.2, 0) is 0 Å². The summed E-state index contributed by atoms with van der Waals surface area (Å²) in [5, 5.41) is 11.3. The van der Waals surface area contributed by atoms with Crippen LogP contribution >= 0.6 is 0 Å². The largest absolute Gasteiger partial charge is 0.384 e. The number of rotatable bonds is 2. The number of hydrogen-bond acceptors (Lipinski definition) is 1. The molecule has 3 rings (SSSR count). The van der Waals surface area contributed by atoms with E-state index < -0.39 is 6.10 Å². The Kier molecular flexibility index (Phi) is 2.61. The zero-order valence-corrected chi connectivity index (χ0v) is 9.60. The molecule has 3 heteroatoms. The maximum absolute atomic E-state index is 12.9. The van der Waals surface area contributed by atoms with E-state index in [0.29, 0.717) is 5.56 Å². The fraction of sp³-hybridized carbons (Fsp3) is 0.0667. The lowest BCUT2D eigenvalue weighted by molar-refractivity contribution is 0.222. The van der Waals surface area contributed by atoms with Crippen molar-refractivity contribution < 1.29 is 9.50 Å². The van der Waals surface area contributed by atoms with Crippen molar-refractivity contribution in [3.05, 3.63) is 71.7 Å². The molecular weight excluding hydrogens is 229 g/mol. The fourth-order valence-electron chi connectivity index (χ4n) is 2.14. The van der Waals surface area contributed by atoms with E-state index >= 15 is 0 Å². The Morgan fingerprint density at radius 1 is 1.00 bits per heavy atom. The third kappa shape index (κ3) is 1.79. The molecule has 90 valence electrons. The number of aromatic nitrogens is 1. The maximum atomic E-state index is 12.9. The predicted octanol–water partition coefficient (Wildman–Crippen LogP) is 3.39. The molecule has 1 heterocycles. The van der Waals surface area contributed by atoms with Crippen LogP contribution in [0.15, 0.2) is 54.7 Å². The average molecular weight is 241 g/mol. The number of aliphatic hydroxyl groups excluding tert-OH is 1. The van der Waals surface area contributed by atoms with Gasteiger partial charge >= 0.3 is 0 Å². The first-order chi connectivity index (χ1) is 8.75. The number of H-pyrrole nitrogens is 1. The van der Waals surface area contributed by atoms with Crippen molar-refractivity contribution in [3.8, 4) is 0 Å². The number of para-hydroxylation sites is 1. The lowest BCUT2D eigenvalue weighted by Gasteiger charge is -2.10. The van der Waals surface area contributed by atoms with Gasteiger partial charge in [0.25, 0.3) is 0 Å². The molecule has 0 radical (unpaired) electrons. The molecule has 2 nitrogen and oxygen atoms in total. The van der Waals surface area contributed by atoms with Crippen LogP contribution in [0, 0.1) is 5.82 Å². The van der Waals surface area contributed by atoms with E-state index in [1.54, 1.807) is 18.3 Å². The average Bonchev–Trinajstić information content (AvgIpc) is 2.82. The second-order valence-electron chi connectivity index (χ2n) is 4.24. The molecule has 0 amide bonds. The molecular formula is C15H12FNO. The number of aromatic amines is 1. The van der Waals surface area contributed by atoms with E-state index in [0.717, 1.165) is 16.5 Å². The molecule has 0 aliphatic rings. The van der Waals surface area contributed by atoms with Crippen LogP contribution in [0.2, 0.25) is 0 Å². The molecule has 0 saturated heterocycles. The smallest absolute Gasteiger partial charge is 0.123 e. The normalized spacial score (nSPS) is 12.8. The third-order valence-corrected chi connectivity index (χ3v) is 3.10. The molecule has 0 saturated carbocycles. The van der Waals surface area contributed by atoms with Gasteiger partial charge in [0.05, 0.1) is 0 Å². The van der Waals surface area contributed by atoms with Gasteiger partial charge in [-0.2, -0.15) is 0 Å². The Labute approximate surface area is 104 Å². The number of benzene rings is 2. The van der Waals surface area contributed by atoms with Crippen LogP contribution in [0.1, 0.15) is 17.2 Å². The number of hydrogen-bond donors (Lipinski definition) is 2. The second kappa shape index (κ2) is 4.27. The highest BCUT2D eigenvalue weighted by atomic mass is 19.1. The van der Waals surface area contributed by atoms with Gasteiger partial charge in [0.1, 0.15) is 11.9 Å². The summed E-state index contributed by atoms with van der Waals surface area (Å²) in [6.07, 6.45) is 1.04. The van der Waals surface area contributed by atoms with Crippen LogP contribution in [0.25, 0.3) is 10.9 Å². The van der Waals surface area contributed by atoms with Crippen LogP contribution in [0.4, 0.5) is 4.39 Å². The lowest BCUT2D eigenvalue weighted by atomic mass is 10.0. The van der Waals surface area contributed by atoms with Gasteiger partial charge in [-0.3, -0.25) is 0 Å². The van der Waals surface area contributed by atoms with Crippen LogP contribution < -0.4 is 0 Å². The van der Waals surface area contributed by atoms with Crippen molar-refractivity contribution >= 4 is 10.9 Å². The molecule has 0 fully saturated rings. The summed E-state index contributed by atoms with van der Waals surface area (Å²) >= 11 is 0. The molecule has 18 heavy (non-hydrogen) atoms. The van der Waals surface area contributed by atoms with Gasteiger partial charge in [-0.25, -0.2) is 4.39 Å². The highest BCUT2D eigenvalue weighted by molar-refractivity contribution is 5.83. The van der Waals surface area contributed by atoms with Gasteiger partial charge in [-0.05, 0) is 23.8 Å². The summed E-state index contributed by atoms with van der Waals surface area (Å²) < 4.78 is 12.9. The molecule has 2 N–H and O–H groups in total. The number of aliphatic hydroxyl groups is 1. The summed E-state index contributed by atoms with van der Waals surface area (Å²) in [5.41, 5.74) is 2.46. The van der Waals surface area contributed by atoms with Crippen molar-refractivity contribution in [2.45, 2.75) is 6.10 Å². The molecule has 0 aliphatic heterocycles. The molecule has 3 aromatic rings. The summed E-state index contributed by atoms with van der Waals surface area (Å²) in [6, 6.07) is 13.7. The molecule has 0 bridgehead atoms. The first kappa shape index (κ1) is 11.0. The number of halogens is 1. The van der Waals surface area contributed by atoms with E-state index in [2.05, 4.69) is 4.98 Å². The predicted molar refractivity (Wildman–Crippen MR) is 68.8 cm³/mol. The van der Waals surface area contributed by atoms with Crippen molar-refractivity contribution in [2.24, 2.45) is 0 Å². The van der Waals surface area contributed by atoms with Gasteiger partial charge in [0.15, 0.2) is 0 Å². The lowest BCUT2D eigenvalue weighted by Crippen LogP contribution is -1.98. The quantitative estimate of drug-likeness (QED) is 0.708. The minimum Gasteiger partial charge on any atom is -0.384 e. The first-order valence-electron chi connectivity index (χ1n) is 5.75. The summed E-state index contributed by atoms with van der Waals surface area (Å²) in [7, 11) is 0. The molecule has 0 spiro atoms. The second-order valence-corrected chi connectivity index (χ2v) is 4.24. The zero-order valence-electron chi connectivity index (χ0n) is 9.60. The van der Waals surface area contributed by atoms with Crippen molar-refractivity contribution in [3.63, 3.8) is 0 Å². The molecule has 0 aliphatic carbocycles. The van der Waals surface area contributed by atoms with Crippen molar-refractivity contribution in [2.75, 3.05) is 0 Å². The zero-order chi connectivity index (χ0) is 12.5. The fourth-order valence-corrected chi connectivity index (χ4v) is 2.14.